The summed E-state index contributed by atoms with van der Waals surface area (Å²) in [4.78, 5) is 12.0. The SMILES string of the molecule is CC1CCN(S(=O)(=O)c2ccc(C(=O)OC(C)C)cc2)CC1. The molecule has 0 aromatic heterocycles. The minimum Gasteiger partial charge on any atom is -0.459 e. The van der Waals surface area contributed by atoms with Gasteiger partial charge in [-0.15, -0.1) is 0 Å². The van der Waals surface area contributed by atoms with Crippen molar-refractivity contribution >= 4 is 16.0 Å². The van der Waals surface area contributed by atoms with Crippen molar-refractivity contribution in [3.05, 3.63) is 29.8 Å². The van der Waals surface area contributed by atoms with Gasteiger partial charge in [-0.25, -0.2) is 13.2 Å². The zero-order chi connectivity index (χ0) is 16.3. The van der Waals surface area contributed by atoms with Gasteiger partial charge in [-0.3, -0.25) is 0 Å². The van der Waals surface area contributed by atoms with E-state index in [9.17, 15) is 13.2 Å². The van der Waals surface area contributed by atoms with Crippen molar-refractivity contribution in [2.45, 2.75) is 44.6 Å². The summed E-state index contributed by atoms with van der Waals surface area (Å²) in [6, 6.07) is 5.96. The van der Waals surface area contributed by atoms with E-state index in [2.05, 4.69) is 6.92 Å². The van der Waals surface area contributed by atoms with Crippen molar-refractivity contribution in [2.24, 2.45) is 5.92 Å². The van der Waals surface area contributed by atoms with E-state index in [1.54, 1.807) is 13.8 Å². The fourth-order valence-corrected chi connectivity index (χ4v) is 3.89. The highest BCUT2D eigenvalue weighted by atomic mass is 32.2. The number of ether oxygens (including phenoxy) is 1. The van der Waals surface area contributed by atoms with Gasteiger partial charge in [-0.2, -0.15) is 4.31 Å². The number of hydrogen-bond acceptors (Lipinski definition) is 4. The van der Waals surface area contributed by atoms with Crippen molar-refractivity contribution in [3.63, 3.8) is 0 Å². The normalized spacial score (nSPS) is 17.6. The molecule has 0 unspecified atom stereocenters. The molecule has 6 heteroatoms. The van der Waals surface area contributed by atoms with Crippen molar-refractivity contribution in [1.82, 2.24) is 4.31 Å². The third-order valence-corrected chi connectivity index (χ3v) is 5.73. The number of piperidine rings is 1. The minimum atomic E-state index is -3.47. The number of rotatable bonds is 4. The molecule has 1 fully saturated rings. The molecule has 0 spiro atoms. The Balaban J connectivity index is 2.14. The Labute approximate surface area is 132 Å². The molecule has 1 aliphatic rings. The second kappa shape index (κ2) is 6.79. The Kier molecular flexibility index (Phi) is 5.24. The summed E-state index contributed by atoms with van der Waals surface area (Å²) in [6.07, 6.45) is 1.57. The lowest BCUT2D eigenvalue weighted by atomic mass is 10.0. The number of carbonyl (C=O) groups is 1. The van der Waals surface area contributed by atoms with Crippen molar-refractivity contribution < 1.29 is 17.9 Å². The van der Waals surface area contributed by atoms with E-state index >= 15 is 0 Å². The van der Waals surface area contributed by atoms with Crippen LogP contribution in [-0.2, 0) is 14.8 Å². The molecule has 0 aliphatic carbocycles. The quantitative estimate of drug-likeness (QED) is 0.798. The molecular formula is C16H23NO4S. The first-order valence-corrected chi connectivity index (χ1v) is 9.06. The van der Waals surface area contributed by atoms with Crippen LogP contribution in [0.3, 0.4) is 0 Å². The van der Waals surface area contributed by atoms with Crippen LogP contribution in [0, 0.1) is 5.92 Å². The number of nitrogens with zero attached hydrogens (tertiary/aromatic N) is 1. The lowest BCUT2D eigenvalue weighted by Gasteiger charge is -2.29. The molecule has 2 rings (SSSR count). The van der Waals surface area contributed by atoms with Gasteiger partial charge in [0.15, 0.2) is 0 Å². The number of sulfonamides is 1. The molecule has 1 heterocycles. The zero-order valence-electron chi connectivity index (χ0n) is 13.3. The van der Waals surface area contributed by atoms with Crippen LogP contribution in [0.15, 0.2) is 29.2 Å². The van der Waals surface area contributed by atoms with Gasteiger partial charge < -0.3 is 4.74 Å². The van der Waals surface area contributed by atoms with Gasteiger partial charge in [0.2, 0.25) is 10.0 Å². The van der Waals surface area contributed by atoms with Crippen molar-refractivity contribution in [3.8, 4) is 0 Å². The fourth-order valence-electron chi connectivity index (χ4n) is 2.42. The maximum atomic E-state index is 12.6. The molecule has 5 nitrogen and oxygen atoms in total. The van der Waals surface area contributed by atoms with Gasteiger partial charge in [-0.1, -0.05) is 6.92 Å². The van der Waals surface area contributed by atoms with E-state index in [0.717, 1.165) is 12.8 Å². The van der Waals surface area contributed by atoms with Gasteiger partial charge >= 0.3 is 5.97 Å². The topological polar surface area (TPSA) is 63.7 Å². The van der Waals surface area contributed by atoms with E-state index in [-0.39, 0.29) is 11.0 Å². The van der Waals surface area contributed by atoms with E-state index < -0.39 is 16.0 Å². The summed E-state index contributed by atoms with van der Waals surface area (Å²) < 4.78 is 31.7. The fraction of sp³-hybridized carbons (Fsp3) is 0.562. The number of esters is 1. The molecule has 122 valence electrons. The summed E-state index contributed by atoms with van der Waals surface area (Å²) in [7, 11) is -3.47. The van der Waals surface area contributed by atoms with Crippen LogP contribution >= 0.6 is 0 Å². The van der Waals surface area contributed by atoms with Gasteiger partial charge in [0.25, 0.3) is 0 Å². The van der Waals surface area contributed by atoms with Gasteiger partial charge in [-0.05, 0) is 56.9 Å². The Hall–Kier alpha value is -1.40. The van der Waals surface area contributed by atoms with Crippen LogP contribution in [0.25, 0.3) is 0 Å². The minimum absolute atomic E-state index is 0.203. The molecule has 1 aromatic rings. The molecule has 0 saturated carbocycles. The van der Waals surface area contributed by atoms with E-state index in [0.29, 0.717) is 24.6 Å². The molecule has 0 N–H and O–H groups in total. The maximum absolute atomic E-state index is 12.6. The number of carbonyl (C=O) groups excluding carboxylic acids is 1. The largest absolute Gasteiger partial charge is 0.459 e. The Morgan fingerprint density at radius 1 is 1.18 bits per heavy atom. The maximum Gasteiger partial charge on any atom is 0.338 e. The molecule has 1 aromatic carbocycles. The predicted octanol–water partition coefficient (Wildman–Crippen LogP) is 2.67. The smallest absolute Gasteiger partial charge is 0.338 e. The predicted molar refractivity (Wildman–Crippen MR) is 84.2 cm³/mol. The summed E-state index contributed by atoms with van der Waals surface area (Å²) >= 11 is 0. The Morgan fingerprint density at radius 2 is 1.73 bits per heavy atom. The van der Waals surface area contributed by atoms with Crippen molar-refractivity contribution in [2.75, 3.05) is 13.1 Å². The van der Waals surface area contributed by atoms with Crippen LogP contribution in [0.4, 0.5) is 0 Å². The van der Waals surface area contributed by atoms with Crippen LogP contribution in [-0.4, -0.2) is 37.9 Å². The van der Waals surface area contributed by atoms with Crippen molar-refractivity contribution in [1.29, 1.82) is 0 Å². The molecule has 0 amide bonds. The monoisotopic (exact) mass is 325 g/mol. The summed E-state index contributed by atoms with van der Waals surface area (Å²) in [5, 5.41) is 0. The van der Waals surface area contributed by atoms with Crippen LogP contribution in [0.1, 0.15) is 44.0 Å². The third kappa shape index (κ3) is 3.87. The van der Waals surface area contributed by atoms with Gasteiger partial charge in [0.05, 0.1) is 16.6 Å². The van der Waals surface area contributed by atoms with E-state index in [1.807, 2.05) is 0 Å². The lowest BCUT2D eigenvalue weighted by molar-refractivity contribution is 0.0378. The van der Waals surface area contributed by atoms with Gasteiger partial charge in [0, 0.05) is 13.1 Å². The van der Waals surface area contributed by atoms with E-state index in [1.165, 1.54) is 28.6 Å². The Bertz CT molecular complexity index is 614. The highest BCUT2D eigenvalue weighted by Crippen LogP contribution is 2.23. The van der Waals surface area contributed by atoms with Crippen LogP contribution in [0.5, 0.6) is 0 Å². The number of benzene rings is 1. The van der Waals surface area contributed by atoms with Crippen LogP contribution in [0.2, 0.25) is 0 Å². The first kappa shape index (κ1) is 17.0. The molecule has 0 bridgehead atoms. The zero-order valence-corrected chi connectivity index (χ0v) is 14.1. The average molecular weight is 325 g/mol. The highest BCUT2D eigenvalue weighted by molar-refractivity contribution is 7.89. The molecular weight excluding hydrogens is 302 g/mol. The molecule has 0 radical (unpaired) electrons. The second-order valence-corrected chi connectivity index (χ2v) is 8.00. The average Bonchev–Trinajstić information content (AvgIpc) is 2.47. The summed E-state index contributed by atoms with van der Waals surface area (Å²) in [6.45, 7) is 6.79. The second-order valence-electron chi connectivity index (χ2n) is 6.07. The van der Waals surface area contributed by atoms with Gasteiger partial charge in [0.1, 0.15) is 0 Å². The van der Waals surface area contributed by atoms with Crippen LogP contribution < -0.4 is 0 Å². The number of hydrogen-bond donors (Lipinski definition) is 0. The first-order chi connectivity index (χ1) is 10.3. The standard InChI is InChI=1S/C16H23NO4S/c1-12(2)21-16(18)14-4-6-15(7-5-14)22(19,20)17-10-8-13(3)9-11-17/h4-7,12-13H,8-11H2,1-3H3. The lowest BCUT2D eigenvalue weighted by Crippen LogP contribution is -2.37. The summed E-state index contributed by atoms with van der Waals surface area (Å²) in [5.41, 5.74) is 0.361. The molecule has 0 atom stereocenters. The first-order valence-electron chi connectivity index (χ1n) is 7.62. The molecule has 22 heavy (non-hydrogen) atoms. The van der Waals surface area contributed by atoms with E-state index in [4.69, 9.17) is 4.74 Å². The molecule has 1 saturated heterocycles. The highest BCUT2D eigenvalue weighted by Gasteiger charge is 2.28. The summed E-state index contributed by atoms with van der Waals surface area (Å²) in [5.74, 6) is 0.130. The third-order valence-electron chi connectivity index (χ3n) is 3.81. The Morgan fingerprint density at radius 3 is 2.23 bits per heavy atom. The molecule has 1 aliphatic heterocycles.